The molecule has 0 spiro atoms. The molecule has 0 aliphatic heterocycles. The number of fused-ring (bicyclic) bond motifs is 9. The standard InChI is InChI=1S/C55H38N2O/c1-4-16-37(17-5-1)55(38-18-6-2-7-19-38)49-25-13-10-22-43(49)44-31-28-41(35-50(44)55)56(42-29-32-47-46-24-12-15-27-53(46)58-54(47)36-42)40-30-33-52-48(34-40)45-23-11-14-26-51(45)57(52)39-20-8-3-9-21-39/h1-14,16-26,28-36H,15,27H2. The second-order valence-electron chi connectivity index (χ2n) is 15.5. The van der Waals surface area contributed by atoms with E-state index in [0.717, 1.165) is 52.3 Å². The summed E-state index contributed by atoms with van der Waals surface area (Å²) in [5.41, 5.74) is 16.0. The first-order valence-corrected chi connectivity index (χ1v) is 20.2. The van der Waals surface area contributed by atoms with Crippen molar-refractivity contribution in [2.75, 3.05) is 4.90 Å². The Balaban J connectivity index is 1.13. The topological polar surface area (TPSA) is 21.3 Å². The number of hydrogen-bond donors (Lipinski definition) is 0. The van der Waals surface area contributed by atoms with E-state index in [1.165, 1.54) is 60.8 Å². The maximum Gasteiger partial charge on any atom is 0.137 e. The molecule has 3 nitrogen and oxygen atoms in total. The molecule has 0 bridgehead atoms. The third-order valence-electron chi connectivity index (χ3n) is 12.5. The summed E-state index contributed by atoms with van der Waals surface area (Å²) >= 11 is 0. The molecule has 12 rings (SSSR count). The number of allylic oxidation sites excluding steroid dienone is 1. The molecular weight excluding hydrogens is 705 g/mol. The Morgan fingerprint density at radius 3 is 1.91 bits per heavy atom. The molecule has 2 aliphatic rings. The lowest BCUT2D eigenvalue weighted by Gasteiger charge is -2.35. The van der Waals surface area contributed by atoms with E-state index in [9.17, 15) is 0 Å². The Labute approximate surface area is 337 Å². The minimum Gasteiger partial charge on any atom is -0.460 e. The number of aromatic nitrogens is 1. The highest BCUT2D eigenvalue weighted by Gasteiger charge is 2.46. The molecule has 8 aromatic carbocycles. The third-order valence-corrected chi connectivity index (χ3v) is 12.5. The van der Waals surface area contributed by atoms with Crippen LogP contribution >= 0.6 is 0 Å². The Hall–Kier alpha value is -7.36. The van der Waals surface area contributed by atoms with Crippen LogP contribution in [-0.2, 0) is 11.8 Å². The van der Waals surface area contributed by atoms with Crippen LogP contribution in [0.25, 0.3) is 55.7 Å². The number of furan rings is 1. The SMILES string of the molecule is C1=Cc2c(oc3cc(N(c4ccc5c(c4)C(c4ccccc4)(c4ccccc4)c4ccccc4-5)c4ccc5c(c4)c4ccccc4n5-c4ccccc4)ccc23)CC1. The molecule has 0 unspecified atom stereocenters. The third kappa shape index (κ3) is 4.74. The zero-order valence-electron chi connectivity index (χ0n) is 31.8. The average Bonchev–Trinajstić information content (AvgIpc) is 3.93. The maximum atomic E-state index is 6.62. The highest BCUT2D eigenvalue weighted by molar-refractivity contribution is 6.11. The first-order chi connectivity index (χ1) is 28.8. The van der Waals surface area contributed by atoms with Gasteiger partial charge in [0.2, 0.25) is 0 Å². The van der Waals surface area contributed by atoms with E-state index in [4.69, 9.17) is 4.42 Å². The van der Waals surface area contributed by atoms with Gasteiger partial charge < -0.3 is 13.9 Å². The fourth-order valence-electron chi connectivity index (χ4n) is 10.1. The molecule has 2 aliphatic carbocycles. The van der Waals surface area contributed by atoms with Crippen molar-refractivity contribution in [3.63, 3.8) is 0 Å². The molecule has 0 atom stereocenters. The lowest BCUT2D eigenvalue weighted by atomic mass is 9.67. The Kier molecular flexibility index (Phi) is 7.27. The van der Waals surface area contributed by atoms with Gasteiger partial charge in [0.15, 0.2) is 0 Å². The van der Waals surface area contributed by atoms with Gasteiger partial charge >= 0.3 is 0 Å². The average molecular weight is 743 g/mol. The fraction of sp³-hybridized carbons (Fsp3) is 0.0545. The summed E-state index contributed by atoms with van der Waals surface area (Å²) in [5.74, 6) is 1.07. The van der Waals surface area contributed by atoms with Gasteiger partial charge in [-0.15, -0.1) is 0 Å². The molecule has 0 saturated carbocycles. The predicted octanol–water partition coefficient (Wildman–Crippen LogP) is 14.3. The van der Waals surface area contributed by atoms with Gasteiger partial charge in [-0.05, 0) is 100 Å². The van der Waals surface area contributed by atoms with Crippen molar-refractivity contribution in [2.24, 2.45) is 0 Å². The van der Waals surface area contributed by atoms with Gasteiger partial charge in [-0.2, -0.15) is 0 Å². The molecule has 3 heteroatoms. The lowest BCUT2D eigenvalue weighted by Crippen LogP contribution is -2.28. The van der Waals surface area contributed by atoms with Gasteiger partial charge in [0.05, 0.1) is 16.4 Å². The lowest BCUT2D eigenvalue weighted by molar-refractivity contribution is 0.546. The minimum atomic E-state index is -0.514. The van der Waals surface area contributed by atoms with Crippen LogP contribution in [0.15, 0.2) is 205 Å². The van der Waals surface area contributed by atoms with Crippen molar-refractivity contribution in [1.29, 1.82) is 0 Å². The summed E-state index contributed by atoms with van der Waals surface area (Å²) in [6.45, 7) is 0. The molecule has 0 saturated heterocycles. The largest absolute Gasteiger partial charge is 0.460 e. The van der Waals surface area contributed by atoms with E-state index in [-0.39, 0.29) is 0 Å². The van der Waals surface area contributed by atoms with Crippen LogP contribution < -0.4 is 4.90 Å². The second-order valence-corrected chi connectivity index (χ2v) is 15.5. The minimum absolute atomic E-state index is 0.514. The quantitative estimate of drug-likeness (QED) is 0.169. The van der Waals surface area contributed by atoms with Gasteiger partial charge in [0.25, 0.3) is 0 Å². The normalized spacial score (nSPS) is 13.8. The summed E-state index contributed by atoms with van der Waals surface area (Å²) in [4.78, 5) is 2.43. The van der Waals surface area contributed by atoms with Crippen molar-refractivity contribution in [1.82, 2.24) is 4.57 Å². The Morgan fingerprint density at radius 1 is 0.483 bits per heavy atom. The van der Waals surface area contributed by atoms with Crippen LogP contribution in [0.2, 0.25) is 0 Å². The molecular formula is C55H38N2O. The van der Waals surface area contributed by atoms with Gasteiger partial charge in [0, 0.05) is 57.0 Å². The first-order valence-electron chi connectivity index (χ1n) is 20.2. The highest BCUT2D eigenvalue weighted by Crippen LogP contribution is 2.57. The Bertz CT molecular complexity index is 3190. The van der Waals surface area contributed by atoms with E-state index in [0.29, 0.717) is 0 Å². The molecule has 0 N–H and O–H groups in total. The summed E-state index contributed by atoms with van der Waals surface area (Å²) in [7, 11) is 0. The summed E-state index contributed by atoms with van der Waals surface area (Å²) in [6, 6.07) is 71.3. The number of nitrogens with zero attached hydrogens (tertiary/aromatic N) is 2. The van der Waals surface area contributed by atoms with Crippen LogP contribution in [0.4, 0.5) is 17.1 Å². The number of para-hydroxylation sites is 2. The van der Waals surface area contributed by atoms with E-state index in [1.54, 1.807) is 0 Å². The van der Waals surface area contributed by atoms with Gasteiger partial charge in [-0.1, -0.05) is 140 Å². The van der Waals surface area contributed by atoms with Crippen molar-refractivity contribution < 1.29 is 4.42 Å². The summed E-state index contributed by atoms with van der Waals surface area (Å²) < 4.78 is 9.00. The molecule has 58 heavy (non-hydrogen) atoms. The Morgan fingerprint density at radius 2 is 1.10 bits per heavy atom. The molecule has 2 heterocycles. The van der Waals surface area contributed by atoms with Crippen LogP contribution in [-0.4, -0.2) is 4.57 Å². The van der Waals surface area contributed by atoms with Crippen LogP contribution in [0.5, 0.6) is 0 Å². The highest BCUT2D eigenvalue weighted by atomic mass is 16.3. The maximum absolute atomic E-state index is 6.62. The van der Waals surface area contributed by atoms with E-state index >= 15 is 0 Å². The zero-order valence-corrected chi connectivity index (χ0v) is 31.8. The molecule has 10 aromatic rings. The van der Waals surface area contributed by atoms with E-state index in [1.807, 2.05) is 0 Å². The van der Waals surface area contributed by atoms with Crippen molar-refractivity contribution >= 4 is 55.9 Å². The van der Waals surface area contributed by atoms with Gasteiger partial charge in [0.1, 0.15) is 11.3 Å². The number of benzene rings is 8. The smallest absolute Gasteiger partial charge is 0.137 e. The van der Waals surface area contributed by atoms with Gasteiger partial charge in [-0.25, -0.2) is 0 Å². The molecule has 0 radical (unpaired) electrons. The van der Waals surface area contributed by atoms with Gasteiger partial charge in [-0.3, -0.25) is 0 Å². The van der Waals surface area contributed by atoms with Crippen LogP contribution in [0.1, 0.15) is 40.0 Å². The zero-order chi connectivity index (χ0) is 38.2. The van der Waals surface area contributed by atoms with Crippen molar-refractivity contribution in [3.8, 4) is 16.8 Å². The number of anilines is 3. The summed E-state index contributed by atoms with van der Waals surface area (Å²) in [5, 5.41) is 3.59. The van der Waals surface area contributed by atoms with Crippen molar-refractivity contribution in [3.05, 3.63) is 234 Å². The van der Waals surface area contributed by atoms with Crippen LogP contribution in [0, 0.1) is 0 Å². The fourth-order valence-corrected chi connectivity index (χ4v) is 10.1. The van der Waals surface area contributed by atoms with Crippen LogP contribution in [0.3, 0.4) is 0 Å². The molecule has 2 aromatic heterocycles. The number of rotatable bonds is 6. The first kappa shape index (κ1) is 32.8. The monoisotopic (exact) mass is 742 g/mol. The van der Waals surface area contributed by atoms with Crippen molar-refractivity contribution in [2.45, 2.75) is 18.3 Å². The van der Waals surface area contributed by atoms with E-state index < -0.39 is 5.41 Å². The second kappa shape index (κ2) is 12.8. The predicted molar refractivity (Wildman–Crippen MR) is 240 cm³/mol. The summed E-state index contributed by atoms with van der Waals surface area (Å²) in [6.07, 6.45) is 6.41. The molecule has 0 fully saturated rings. The number of aryl methyl sites for hydroxylation is 1. The molecule has 274 valence electrons. The molecule has 0 amide bonds. The number of hydrogen-bond acceptors (Lipinski definition) is 2. The van der Waals surface area contributed by atoms with E-state index in [2.05, 4.69) is 216 Å².